The molecule has 2 heterocycles. The lowest BCUT2D eigenvalue weighted by atomic mass is 9.98. The molecule has 0 unspecified atom stereocenters. The molecule has 3 aromatic rings. The summed E-state index contributed by atoms with van der Waals surface area (Å²) in [6.07, 6.45) is 1.99. The van der Waals surface area contributed by atoms with Crippen LogP contribution in [0.3, 0.4) is 0 Å². The number of piperazine rings is 1. The SMILES string of the molecule is COc1cc(OC)cc(C(=O)Nc2ccc(N3CCN(c4ccccc4OC)CC3)c(C(=O)N3CCC(C)CC3)c2)c1. The van der Waals surface area contributed by atoms with Gasteiger partial charge in [0.15, 0.2) is 0 Å². The Morgan fingerprint density at radius 2 is 1.36 bits per heavy atom. The van der Waals surface area contributed by atoms with Crippen LogP contribution in [0.4, 0.5) is 17.1 Å². The highest BCUT2D eigenvalue weighted by atomic mass is 16.5. The van der Waals surface area contributed by atoms with Gasteiger partial charge in [0.1, 0.15) is 17.2 Å². The van der Waals surface area contributed by atoms with Gasteiger partial charge in [0.05, 0.1) is 32.6 Å². The van der Waals surface area contributed by atoms with Gasteiger partial charge >= 0.3 is 0 Å². The monoisotopic (exact) mass is 572 g/mol. The third-order valence-corrected chi connectivity index (χ3v) is 8.22. The summed E-state index contributed by atoms with van der Waals surface area (Å²) in [6, 6.07) is 18.7. The van der Waals surface area contributed by atoms with Gasteiger partial charge in [-0.2, -0.15) is 0 Å². The molecule has 0 aliphatic carbocycles. The van der Waals surface area contributed by atoms with Crippen molar-refractivity contribution in [2.75, 3.05) is 75.7 Å². The maximum Gasteiger partial charge on any atom is 0.256 e. The summed E-state index contributed by atoms with van der Waals surface area (Å²) in [4.78, 5) is 33.7. The quantitative estimate of drug-likeness (QED) is 0.399. The van der Waals surface area contributed by atoms with Crippen molar-refractivity contribution < 1.29 is 23.8 Å². The number of piperidine rings is 1. The zero-order chi connectivity index (χ0) is 29.6. The molecule has 2 saturated heterocycles. The van der Waals surface area contributed by atoms with E-state index in [1.54, 1.807) is 39.5 Å². The molecule has 2 aliphatic rings. The summed E-state index contributed by atoms with van der Waals surface area (Å²) in [5.74, 6) is 2.21. The summed E-state index contributed by atoms with van der Waals surface area (Å²) in [7, 11) is 4.79. The zero-order valence-corrected chi connectivity index (χ0v) is 24.9. The average molecular weight is 573 g/mol. The van der Waals surface area contributed by atoms with Crippen LogP contribution in [0.15, 0.2) is 60.7 Å². The first kappa shape index (κ1) is 29.1. The summed E-state index contributed by atoms with van der Waals surface area (Å²) in [6.45, 7) is 6.81. The molecule has 1 N–H and O–H groups in total. The number of hydrogen-bond acceptors (Lipinski definition) is 7. The molecule has 0 bridgehead atoms. The third-order valence-electron chi connectivity index (χ3n) is 8.22. The van der Waals surface area contributed by atoms with Gasteiger partial charge in [-0.05, 0) is 61.2 Å². The molecule has 3 aromatic carbocycles. The number of methoxy groups -OCH3 is 3. The highest BCUT2D eigenvalue weighted by molar-refractivity contribution is 6.06. The predicted octanol–water partition coefficient (Wildman–Crippen LogP) is 5.16. The van der Waals surface area contributed by atoms with E-state index in [9.17, 15) is 9.59 Å². The highest BCUT2D eigenvalue weighted by Gasteiger charge is 2.28. The van der Waals surface area contributed by atoms with E-state index in [0.29, 0.717) is 34.2 Å². The number of benzene rings is 3. The molecule has 0 radical (unpaired) electrons. The van der Waals surface area contributed by atoms with Crippen molar-refractivity contribution in [2.24, 2.45) is 5.92 Å². The number of carbonyl (C=O) groups excluding carboxylic acids is 2. The van der Waals surface area contributed by atoms with E-state index in [0.717, 1.165) is 69.2 Å². The Balaban J connectivity index is 1.39. The first-order chi connectivity index (χ1) is 20.4. The number of ether oxygens (including phenoxy) is 3. The van der Waals surface area contributed by atoms with Gasteiger partial charge in [0.2, 0.25) is 0 Å². The summed E-state index contributed by atoms with van der Waals surface area (Å²) >= 11 is 0. The Morgan fingerprint density at radius 1 is 0.738 bits per heavy atom. The lowest BCUT2D eigenvalue weighted by Crippen LogP contribution is -2.47. The topological polar surface area (TPSA) is 83.6 Å². The van der Waals surface area contributed by atoms with Crippen LogP contribution in [0.25, 0.3) is 0 Å². The maximum atomic E-state index is 13.9. The normalized spacial score (nSPS) is 15.8. The van der Waals surface area contributed by atoms with E-state index in [1.165, 1.54) is 0 Å². The molecule has 0 atom stereocenters. The molecule has 0 spiro atoms. The number of rotatable bonds is 8. The molecule has 2 aliphatic heterocycles. The van der Waals surface area contributed by atoms with E-state index >= 15 is 0 Å². The van der Waals surface area contributed by atoms with Crippen molar-refractivity contribution in [1.29, 1.82) is 0 Å². The molecule has 2 fully saturated rings. The van der Waals surface area contributed by atoms with Crippen molar-refractivity contribution in [3.8, 4) is 17.2 Å². The van der Waals surface area contributed by atoms with Gasteiger partial charge in [0.25, 0.3) is 11.8 Å². The second-order valence-electron chi connectivity index (χ2n) is 10.9. The van der Waals surface area contributed by atoms with E-state index in [2.05, 4.69) is 28.1 Å². The van der Waals surface area contributed by atoms with Gasteiger partial charge in [-0.3, -0.25) is 9.59 Å². The van der Waals surface area contributed by atoms with Crippen LogP contribution in [0.1, 0.15) is 40.5 Å². The fourth-order valence-corrected chi connectivity index (χ4v) is 5.66. The second-order valence-corrected chi connectivity index (χ2v) is 10.9. The first-order valence-corrected chi connectivity index (χ1v) is 14.5. The molecule has 5 rings (SSSR count). The standard InChI is InChI=1S/C33H40N4O5/c1-23-11-13-37(14-12-23)33(39)28-21-25(34-32(38)24-19-26(40-2)22-27(20-24)41-3)9-10-29(28)35-15-17-36(18-16-35)30-7-5-6-8-31(30)42-4/h5-10,19-23H,11-18H2,1-4H3,(H,34,38). The molecule has 2 amide bonds. The Morgan fingerprint density at radius 3 is 1.98 bits per heavy atom. The largest absolute Gasteiger partial charge is 0.497 e. The molecular formula is C33H40N4O5. The van der Waals surface area contributed by atoms with Crippen LogP contribution in [0.5, 0.6) is 17.2 Å². The Labute approximate surface area is 248 Å². The molecule has 0 aromatic heterocycles. The van der Waals surface area contributed by atoms with E-state index in [-0.39, 0.29) is 11.8 Å². The van der Waals surface area contributed by atoms with Crippen molar-refractivity contribution in [3.05, 3.63) is 71.8 Å². The van der Waals surface area contributed by atoms with Gasteiger partial charge < -0.3 is 34.2 Å². The minimum absolute atomic E-state index is 0.00297. The third kappa shape index (κ3) is 6.40. The molecule has 0 saturated carbocycles. The summed E-state index contributed by atoms with van der Waals surface area (Å²) in [5, 5.41) is 2.98. The Kier molecular flexibility index (Phi) is 9.05. The number of likely N-dealkylation sites (tertiary alicyclic amines) is 1. The summed E-state index contributed by atoms with van der Waals surface area (Å²) in [5.41, 5.74) is 3.54. The molecule has 222 valence electrons. The predicted molar refractivity (Wildman–Crippen MR) is 166 cm³/mol. The molecule has 9 nitrogen and oxygen atoms in total. The fraction of sp³-hybridized carbons (Fsp3) is 0.394. The number of amides is 2. The lowest BCUT2D eigenvalue weighted by molar-refractivity contribution is 0.0697. The smallest absolute Gasteiger partial charge is 0.256 e. The van der Waals surface area contributed by atoms with E-state index in [1.807, 2.05) is 41.3 Å². The first-order valence-electron chi connectivity index (χ1n) is 14.5. The minimum Gasteiger partial charge on any atom is -0.497 e. The van der Waals surface area contributed by atoms with Gasteiger partial charge in [0, 0.05) is 62.3 Å². The number of nitrogens with zero attached hydrogens (tertiary/aromatic N) is 3. The van der Waals surface area contributed by atoms with Crippen LogP contribution >= 0.6 is 0 Å². The molecule has 42 heavy (non-hydrogen) atoms. The van der Waals surface area contributed by atoms with Gasteiger partial charge in [-0.25, -0.2) is 0 Å². The van der Waals surface area contributed by atoms with E-state index < -0.39 is 0 Å². The van der Waals surface area contributed by atoms with Crippen molar-refractivity contribution in [2.45, 2.75) is 19.8 Å². The zero-order valence-electron chi connectivity index (χ0n) is 24.9. The minimum atomic E-state index is -0.310. The van der Waals surface area contributed by atoms with Crippen LogP contribution in [-0.4, -0.2) is 77.3 Å². The van der Waals surface area contributed by atoms with Crippen molar-refractivity contribution >= 4 is 28.9 Å². The number of para-hydroxylation sites is 2. The average Bonchev–Trinajstić information content (AvgIpc) is 3.04. The van der Waals surface area contributed by atoms with Crippen LogP contribution in [0.2, 0.25) is 0 Å². The lowest BCUT2D eigenvalue weighted by Gasteiger charge is -2.39. The number of hydrogen-bond donors (Lipinski definition) is 1. The Bertz CT molecular complexity index is 1390. The molecular weight excluding hydrogens is 532 g/mol. The van der Waals surface area contributed by atoms with Crippen LogP contribution < -0.4 is 29.3 Å². The van der Waals surface area contributed by atoms with E-state index in [4.69, 9.17) is 14.2 Å². The van der Waals surface area contributed by atoms with Gasteiger partial charge in [-0.1, -0.05) is 19.1 Å². The maximum absolute atomic E-state index is 13.9. The highest BCUT2D eigenvalue weighted by Crippen LogP contribution is 2.32. The molecule has 9 heteroatoms. The van der Waals surface area contributed by atoms with Gasteiger partial charge in [-0.15, -0.1) is 0 Å². The van der Waals surface area contributed by atoms with Crippen molar-refractivity contribution in [1.82, 2.24) is 4.90 Å². The van der Waals surface area contributed by atoms with Crippen molar-refractivity contribution in [3.63, 3.8) is 0 Å². The van der Waals surface area contributed by atoms with Crippen LogP contribution in [-0.2, 0) is 0 Å². The van der Waals surface area contributed by atoms with Crippen LogP contribution in [0, 0.1) is 5.92 Å². The number of nitrogens with one attached hydrogen (secondary N) is 1. The number of anilines is 3. The number of carbonyl (C=O) groups is 2. The summed E-state index contributed by atoms with van der Waals surface area (Å²) < 4.78 is 16.2. The second kappa shape index (κ2) is 13.1. The fourth-order valence-electron chi connectivity index (χ4n) is 5.66. The Hall–Kier alpha value is -4.40.